The molecule has 206 valence electrons. The van der Waals surface area contributed by atoms with Crippen LogP contribution >= 0.6 is 11.8 Å². The van der Waals surface area contributed by atoms with Crippen LogP contribution in [0.1, 0.15) is 114 Å². The van der Waals surface area contributed by atoms with Crippen LogP contribution in [0, 0.1) is 40.4 Å². The lowest BCUT2D eigenvalue weighted by molar-refractivity contribution is 0.306. The van der Waals surface area contributed by atoms with E-state index in [-0.39, 0.29) is 11.5 Å². The first-order valence-corrected chi connectivity index (χ1v) is 15.6. The summed E-state index contributed by atoms with van der Waals surface area (Å²) < 4.78 is 0. The minimum Gasteiger partial charge on any atom is -0.373 e. The molecule has 5 atom stereocenters. The second-order valence-corrected chi connectivity index (χ2v) is 15.5. The van der Waals surface area contributed by atoms with Crippen LogP contribution in [-0.4, -0.2) is 11.3 Å². The van der Waals surface area contributed by atoms with Gasteiger partial charge in [-0.1, -0.05) is 118 Å². The Morgan fingerprint density at radius 3 is 2.11 bits per heavy atom. The van der Waals surface area contributed by atoms with Crippen LogP contribution in [0.4, 0.5) is 0 Å². The van der Waals surface area contributed by atoms with E-state index >= 15 is 0 Å². The van der Waals surface area contributed by atoms with Gasteiger partial charge in [0.15, 0.2) is 0 Å². The zero-order valence-electron chi connectivity index (χ0n) is 25.4. The van der Waals surface area contributed by atoms with Crippen molar-refractivity contribution in [2.45, 2.75) is 125 Å². The highest BCUT2D eigenvalue weighted by Crippen LogP contribution is 2.65. The molecule has 1 nitrogen and oxygen atoms in total. The van der Waals surface area contributed by atoms with Gasteiger partial charge in [-0.15, -0.1) is 11.8 Å². The first-order valence-electron chi connectivity index (χ1n) is 14.7. The van der Waals surface area contributed by atoms with E-state index in [2.05, 4.69) is 93.9 Å². The molecule has 2 aliphatic rings. The fourth-order valence-corrected chi connectivity index (χ4v) is 7.56. The number of hydrogen-bond donors (Lipinski definition) is 1. The molecule has 0 bridgehead atoms. The monoisotopic (exact) mass is 513 g/mol. The van der Waals surface area contributed by atoms with E-state index in [1.165, 1.54) is 55.2 Å². The lowest BCUT2D eigenvalue weighted by atomic mass is 9.77. The molecule has 0 aromatic heterocycles. The number of nitrogens with one attached hydrogen (secondary N) is 1. The Kier molecular flexibility index (Phi) is 11.1. The molecule has 0 spiro atoms. The number of hydrogen-bond acceptors (Lipinski definition) is 2. The first-order chi connectivity index (χ1) is 16.6. The summed E-state index contributed by atoms with van der Waals surface area (Å²) in [5.74, 6) is 3.62. The van der Waals surface area contributed by atoms with Crippen molar-refractivity contribution in [3.05, 3.63) is 48.1 Å². The summed E-state index contributed by atoms with van der Waals surface area (Å²) in [6.45, 7) is 39.0. The molecule has 2 saturated carbocycles. The van der Waals surface area contributed by atoms with Crippen molar-refractivity contribution in [1.29, 1.82) is 0 Å². The number of allylic oxidation sites excluding steroid dienone is 2. The smallest absolute Gasteiger partial charge is 0.0615 e. The molecule has 0 aromatic rings. The van der Waals surface area contributed by atoms with E-state index in [1.807, 2.05) is 11.8 Å². The molecule has 1 N–H and O–H groups in total. The van der Waals surface area contributed by atoms with E-state index in [0.717, 1.165) is 29.7 Å². The van der Waals surface area contributed by atoms with Gasteiger partial charge in [0.25, 0.3) is 0 Å². The Morgan fingerprint density at radius 1 is 1.06 bits per heavy atom. The van der Waals surface area contributed by atoms with Crippen LogP contribution in [-0.2, 0) is 0 Å². The summed E-state index contributed by atoms with van der Waals surface area (Å²) >= 11 is 1.94. The maximum absolute atomic E-state index is 4.65. The topological polar surface area (TPSA) is 12.0 Å². The third-order valence-corrected chi connectivity index (χ3v) is 10.6. The van der Waals surface area contributed by atoms with E-state index in [0.29, 0.717) is 28.4 Å². The van der Waals surface area contributed by atoms with Crippen LogP contribution in [0.2, 0.25) is 0 Å². The number of thioether (sulfide) groups is 1. The van der Waals surface area contributed by atoms with Crippen molar-refractivity contribution < 1.29 is 0 Å². The Morgan fingerprint density at radius 2 is 1.67 bits per heavy atom. The summed E-state index contributed by atoms with van der Waals surface area (Å²) in [6.07, 6.45) is 10.0. The second-order valence-electron chi connectivity index (χ2n) is 14.2. The largest absolute Gasteiger partial charge is 0.373 e. The van der Waals surface area contributed by atoms with Gasteiger partial charge in [0.1, 0.15) is 0 Å². The van der Waals surface area contributed by atoms with Crippen molar-refractivity contribution in [3.63, 3.8) is 0 Å². The van der Waals surface area contributed by atoms with Crippen LogP contribution in [0.5, 0.6) is 0 Å². The minimum atomic E-state index is 0.0634. The van der Waals surface area contributed by atoms with Gasteiger partial charge in [-0.2, -0.15) is 0 Å². The highest BCUT2D eigenvalue weighted by molar-refractivity contribution is 8.03. The SMILES string of the molecule is C=C(CCC1CC1)CCC(SC(=C)NC(C(=C)CC(C(=C)C)C1C(CC)C1(C)C)C(C)(C)C)C(C)C. The molecule has 5 unspecified atom stereocenters. The van der Waals surface area contributed by atoms with E-state index < -0.39 is 0 Å². The molecule has 0 aromatic carbocycles. The fraction of sp³-hybridized carbons (Fsp3) is 0.765. The molecular formula is C34H59NS. The summed E-state index contributed by atoms with van der Waals surface area (Å²) in [7, 11) is 0. The lowest BCUT2D eigenvalue weighted by Gasteiger charge is -2.37. The maximum atomic E-state index is 4.65. The molecular weight excluding hydrogens is 454 g/mol. The molecule has 0 aliphatic heterocycles. The quantitative estimate of drug-likeness (QED) is 0.194. The predicted molar refractivity (Wildman–Crippen MR) is 165 cm³/mol. The van der Waals surface area contributed by atoms with Crippen molar-refractivity contribution in [2.24, 2.45) is 40.4 Å². The Hall–Kier alpha value is -0.890. The summed E-state index contributed by atoms with van der Waals surface area (Å²) in [4.78, 5) is 0. The maximum Gasteiger partial charge on any atom is 0.0615 e. The van der Waals surface area contributed by atoms with Crippen molar-refractivity contribution in [1.82, 2.24) is 5.32 Å². The second kappa shape index (κ2) is 12.8. The van der Waals surface area contributed by atoms with Gasteiger partial charge in [-0.05, 0) is 79.4 Å². The van der Waals surface area contributed by atoms with Gasteiger partial charge in [0, 0.05) is 5.25 Å². The highest BCUT2D eigenvalue weighted by atomic mass is 32.2. The normalized spacial score (nSPS) is 23.6. The fourth-order valence-electron chi connectivity index (χ4n) is 6.50. The average Bonchev–Trinajstić information content (AvgIpc) is 3.66. The van der Waals surface area contributed by atoms with Crippen LogP contribution < -0.4 is 5.32 Å². The van der Waals surface area contributed by atoms with E-state index in [9.17, 15) is 0 Å². The zero-order chi connectivity index (χ0) is 27.4. The molecule has 36 heavy (non-hydrogen) atoms. The molecule has 0 radical (unpaired) electrons. The van der Waals surface area contributed by atoms with Gasteiger partial charge >= 0.3 is 0 Å². The van der Waals surface area contributed by atoms with E-state index in [1.54, 1.807) is 0 Å². The van der Waals surface area contributed by atoms with Crippen molar-refractivity contribution in [3.8, 4) is 0 Å². The van der Waals surface area contributed by atoms with Gasteiger partial charge < -0.3 is 5.32 Å². The van der Waals surface area contributed by atoms with Gasteiger partial charge in [-0.25, -0.2) is 0 Å². The van der Waals surface area contributed by atoms with Crippen LogP contribution in [0.3, 0.4) is 0 Å². The molecule has 0 heterocycles. The van der Waals surface area contributed by atoms with Crippen LogP contribution in [0.25, 0.3) is 0 Å². The van der Waals surface area contributed by atoms with Gasteiger partial charge in [0.2, 0.25) is 0 Å². The zero-order valence-corrected chi connectivity index (χ0v) is 26.3. The minimum absolute atomic E-state index is 0.0634. The number of rotatable bonds is 17. The highest BCUT2D eigenvalue weighted by Gasteiger charge is 2.59. The molecule has 0 saturated heterocycles. The molecule has 2 aliphatic carbocycles. The summed E-state index contributed by atoms with van der Waals surface area (Å²) in [6, 6.07) is 0.197. The molecule has 2 heteroatoms. The van der Waals surface area contributed by atoms with Crippen LogP contribution in [0.15, 0.2) is 48.1 Å². The van der Waals surface area contributed by atoms with Crippen molar-refractivity contribution >= 4 is 11.8 Å². The standard InChI is InChI=1S/C34H59NS/c1-14-29-31(34(29,12)13)28(22(2)3)21-25(7)32(33(9,10)11)35-26(8)36-30(23(4)5)20-16-24(6)15-17-27-18-19-27/h23,27-32,35H,2,6-8,14-21H2,1,3-5,9-13H3. The Labute approximate surface area is 230 Å². The lowest BCUT2D eigenvalue weighted by Crippen LogP contribution is -2.41. The third kappa shape index (κ3) is 8.85. The van der Waals surface area contributed by atoms with Gasteiger partial charge in [0.05, 0.1) is 11.1 Å². The summed E-state index contributed by atoms with van der Waals surface area (Å²) in [5.41, 5.74) is 4.52. The predicted octanol–water partition coefficient (Wildman–Crippen LogP) is 10.6. The van der Waals surface area contributed by atoms with Gasteiger partial charge in [-0.3, -0.25) is 0 Å². The Bertz CT molecular complexity index is 790. The van der Waals surface area contributed by atoms with E-state index in [4.69, 9.17) is 0 Å². The molecule has 0 amide bonds. The van der Waals surface area contributed by atoms with Crippen molar-refractivity contribution in [2.75, 3.05) is 0 Å². The average molecular weight is 514 g/mol. The molecule has 2 rings (SSSR count). The Balaban J connectivity index is 1.99. The third-order valence-electron chi connectivity index (χ3n) is 9.13. The molecule has 2 fully saturated rings. The summed E-state index contributed by atoms with van der Waals surface area (Å²) in [5, 5.41) is 5.48. The first kappa shape index (κ1) is 31.3.